The van der Waals surface area contributed by atoms with Crippen molar-refractivity contribution in [3.05, 3.63) is 35.9 Å². The summed E-state index contributed by atoms with van der Waals surface area (Å²) in [5.74, 6) is 1.67. The largest absolute Gasteiger partial charge is 0.356 e. The van der Waals surface area contributed by atoms with Gasteiger partial charge in [0.05, 0.1) is 0 Å². The Morgan fingerprint density at radius 2 is 1.91 bits per heavy atom. The van der Waals surface area contributed by atoms with E-state index in [1.165, 1.54) is 44.5 Å². The lowest BCUT2D eigenvalue weighted by Gasteiger charge is -2.32. The van der Waals surface area contributed by atoms with Gasteiger partial charge in [0.1, 0.15) is 0 Å². The Bertz CT molecular complexity index is 436. The van der Waals surface area contributed by atoms with Crippen LogP contribution in [0.15, 0.2) is 35.3 Å². The number of guanidine groups is 1. The molecule has 4 nitrogen and oxygen atoms in total. The Labute approximate surface area is 135 Å². The molecule has 2 rings (SSSR count). The Morgan fingerprint density at radius 3 is 2.55 bits per heavy atom. The number of nitrogens with one attached hydrogen (secondary N) is 2. The van der Waals surface area contributed by atoms with Crippen LogP contribution in [0.4, 0.5) is 0 Å². The highest BCUT2D eigenvalue weighted by Gasteiger charge is 2.18. The molecule has 1 aliphatic heterocycles. The van der Waals surface area contributed by atoms with Crippen LogP contribution in [0.25, 0.3) is 0 Å². The monoisotopic (exact) mass is 302 g/mol. The zero-order valence-corrected chi connectivity index (χ0v) is 14.0. The highest BCUT2D eigenvalue weighted by molar-refractivity contribution is 5.79. The molecule has 0 radical (unpaired) electrons. The van der Waals surface area contributed by atoms with Crippen molar-refractivity contribution in [2.75, 3.05) is 33.2 Å². The molecular formula is C18H30N4. The van der Waals surface area contributed by atoms with Crippen LogP contribution in [-0.2, 0) is 6.54 Å². The fraction of sp³-hybridized carbons (Fsp3) is 0.611. The summed E-state index contributed by atoms with van der Waals surface area (Å²) in [6, 6.07) is 10.4. The van der Waals surface area contributed by atoms with Crippen LogP contribution in [-0.4, -0.2) is 44.1 Å². The number of aliphatic imine (C=N–C) groups is 1. The summed E-state index contributed by atoms with van der Waals surface area (Å²) in [7, 11) is 1.84. The van der Waals surface area contributed by atoms with Crippen molar-refractivity contribution in [3.8, 4) is 0 Å². The molecule has 1 heterocycles. The molecule has 0 aliphatic carbocycles. The van der Waals surface area contributed by atoms with E-state index in [0.717, 1.165) is 25.0 Å². The second kappa shape index (κ2) is 9.46. The first-order chi connectivity index (χ1) is 10.8. The van der Waals surface area contributed by atoms with Crippen LogP contribution in [0.3, 0.4) is 0 Å². The average molecular weight is 302 g/mol. The van der Waals surface area contributed by atoms with Crippen LogP contribution >= 0.6 is 0 Å². The van der Waals surface area contributed by atoms with Gasteiger partial charge in [0.15, 0.2) is 5.96 Å². The van der Waals surface area contributed by atoms with Crippen molar-refractivity contribution >= 4 is 5.96 Å². The Kier molecular flexibility index (Phi) is 7.23. The van der Waals surface area contributed by atoms with E-state index in [-0.39, 0.29) is 0 Å². The van der Waals surface area contributed by atoms with E-state index in [2.05, 4.69) is 51.7 Å². The van der Waals surface area contributed by atoms with E-state index in [9.17, 15) is 0 Å². The molecule has 22 heavy (non-hydrogen) atoms. The third-order valence-corrected chi connectivity index (χ3v) is 4.33. The quantitative estimate of drug-likeness (QED) is 0.626. The number of benzene rings is 1. The summed E-state index contributed by atoms with van der Waals surface area (Å²) in [5, 5.41) is 6.86. The van der Waals surface area contributed by atoms with E-state index in [0.29, 0.717) is 0 Å². The predicted molar refractivity (Wildman–Crippen MR) is 94.1 cm³/mol. The normalized spacial score (nSPS) is 17.5. The molecule has 0 amide bonds. The first-order valence-electron chi connectivity index (χ1n) is 8.52. The molecule has 1 aromatic rings. The number of piperidine rings is 1. The molecule has 0 bridgehead atoms. The lowest BCUT2D eigenvalue weighted by atomic mass is 9.97. The van der Waals surface area contributed by atoms with Crippen LogP contribution in [0.5, 0.6) is 0 Å². The van der Waals surface area contributed by atoms with E-state index in [4.69, 9.17) is 0 Å². The summed E-state index contributed by atoms with van der Waals surface area (Å²) in [4.78, 5) is 6.90. The molecule has 4 heteroatoms. The second-order valence-electron chi connectivity index (χ2n) is 6.08. The van der Waals surface area contributed by atoms with Crippen LogP contribution in [0, 0.1) is 5.92 Å². The molecular weight excluding hydrogens is 272 g/mol. The average Bonchev–Trinajstić information content (AvgIpc) is 2.57. The first kappa shape index (κ1) is 16.8. The molecule has 122 valence electrons. The number of hydrogen-bond donors (Lipinski definition) is 2. The van der Waals surface area contributed by atoms with Crippen molar-refractivity contribution < 1.29 is 0 Å². The zero-order valence-electron chi connectivity index (χ0n) is 14.0. The van der Waals surface area contributed by atoms with Crippen molar-refractivity contribution in [1.82, 2.24) is 15.5 Å². The molecule has 1 fully saturated rings. The second-order valence-corrected chi connectivity index (χ2v) is 6.08. The summed E-state index contributed by atoms with van der Waals surface area (Å²) in [5.41, 5.74) is 1.28. The molecule has 1 aliphatic rings. The van der Waals surface area contributed by atoms with Crippen LogP contribution < -0.4 is 10.6 Å². The van der Waals surface area contributed by atoms with E-state index in [1.54, 1.807) is 0 Å². The van der Waals surface area contributed by atoms with Crippen molar-refractivity contribution in [2.24, 2.45) is 10.9 Å². The first-order valence-corrected chi connectivity index (χ1v) is 8.52. The third-order valence-electron chi connectivity index (χ3n) is 4.33. The van der Waals surface area contributed by atoms with Crippen LogP contribution in [0.1, 0.15) is 31.7 Å². The van der Waals surface area contributed by atoms with Gasteiger partial charge < -0.3 is 15.5 Å². The molecule has 0 saturated carbocycles. The van der Waals surface area contributed by atoms with Gasteiger partial charge in [-0.15, -0.1) is 0 Å². The van der Waals surface area contributed by atoms with Gasteiger partial charge in [0.25, 0.3) is 0 Å². The molecule has 0 unspecified atom stereocenters. The third kappa shape index (κ3) is 5.68. The number of likely N-dealkylation sites (tertiary alicyclic amines) is 1. The van der Waals surface area contributed by atoms with Crippen molar-refractivity contribution in [1.29, 1.82) is 0 Å². The SMILES string of the molecule is CCCN1CCC(CNC(=NC)NCc2ccccc2)CC1. The summed E-state index contributed by atoms with van der Waals surface area (Å²) >= 11 is 0. The van der Waals surface area contributed by atoms with Gasteiger partial charge in [-0.2, -0.15) is 0 Å². The Balaban J connectivity index is 1.66. The van der Waals surface area contributed by atoms with E-state index >= 15 is 0 Å². The lowest BCUT2D eigenvalue weighted by molar-refractivity contribution is 0.185. The minimum atomic E-state index is 0.767. The highest BCUT2D eigenvalue weighted by atomic mass is 15.2. The van der Waals surface area contributed by atoms with Gasteiger partial charge in [-0.25, -0.2) is 0 Å². The van der Waals surface area contributed by atoms with Gasteiger partial charge >= 0.3 is 0 Å². The standard InChI is InChI=1S/C18H30N4/c1-3-11-22-12-9-17(10-13-22)15-21-18(19-2)20-14-16-7-5-4-6-8-16/h4-8,17H,3,9-15H2,1-2H3,(H2,19,20,21). The lowest BCUT2D eigenvalue weighted by Crippen LogP contribution is -2.42. The summed E-state index contributed by atoms with van der Waals surface area (Å²) in [6.45, 7) is 7.84. The van der Waals surface area contributed by atoms with Crippen molar-refractivity contribution in [2.45, 2.75) is 32.7 Å². The van der Waals surface area contributed by atoms with Gasteiger partial charge in [0, 0.05) is 20.1 Å². The highest BCUT2D eigenvalue weighted by Crippen LogP contribution is 2.16. The van der Waals surface area contributed by atoms with Gasteiger partial charge in [-0.1, -0.05) is 37.3 Å². The van der Waals surface area contributed by atoms with Gasteiger partial charge in [-0.3, -0.25) is 4.99 Å². The van der Waals surface area contributed by atoms with Gasteiger partial charge in [0.2, 0.25) is 0 Å². The smallest absolute Gasteiger partial charge is 0.191 e. The predicted octanol–water partition coefficient (Wildman–Crippen LogP) is 2.47. The number of rotatable bonds is 6. The Morgan fingerprint density at radius 1 is 1.18 bits per heavy atom. The minimum Gasteiger partial charge on any atom is -0.356 e. The molecule has 0 spiro atoms. The molecule has 0 aromatic heterocycles. The molecule has 1 saturated heterocycles. The van der Waals surface area contributed by atoms with E-state index < -0.39 is 0 Å². The molecule has 1 aromatic carbocycles. The molecule has 2 N–H and O–H groups in total. The number of hydrogen-bond acceptors (Lipinski definition) is 2. The molecule has 0 atom stereocenters. The fourth-order valence-electron chi connectivity index (χ4n) is 2.97. The van der Waals surface area contributed by atoms with Crippen LogP contribution in [0.2, 0.25) is 0 Å². The maximum absolute atomic E-state index is 4.32. The summed E-state index contributed by atoms with van der Waals surface area (Å²) in [6.07, 6.45) is 3.85. The summed E-state index contributed by atoms with van der Waals surface area (Å²) < 4.78 is 0. The number of nitrogens with zero attached hydrogens (tertiary/aromatic N) is 2. The fourth-order valence-corrected chi connectivity index (χ4v) is 2.97. The van der Waals surface area contributed by atoms with E-state index in [1.807, 2.05) is 13.1 Å². The zero-order chi connectivity index (χ0) is 15.6. The Hall–Kier alpha value is -1.55. The maximum atomic E-state index is 4.32. The van der Waals surface area contributed by atoms with Gasteiger partial charge in [-0.05, 0) is 50.4 Å². The minimum absolute atomic E-state index is 0.767. The topological polar surface area (TPSA) is 39.7 Å². The maximum Gasteiger partial charge on any atom is 0.191 e. The van der Waals surface area contributed by atoms with Crippen molar-refractivity contribution in [3.63, 3.8) is 0 Å².